The number of hydrogen-bond donors (Lipinski definition) is 2. The largest absolute Gasteiger partial charge is 0.352 e. The molecule has 22 heavy (non-hydrogen) atoms. The number of hydrogen-bond acceptors (Lipinski definition) is 3. The second-order valence-electron chi connectivity index (χ2n) is 6.39. The van der Waals surface area contributed by atoms with Crippen molar-refractivity contribution in [2.45, 2.75) is 58.2 Å². The first kappa shape index (κ1) is 15.0. The first-order valence-corrected chi connectivity index (χ1v) is 8.06. The lowest BCUT2D eigenvalue weighted by atomic mass is 10.2. The Morgan fingerprint density at radius 3 is 2.86 bits per heavy atom. The van der Waals surface area contributed by atoms with Crippen molar-refractivity contribution in [1.82, 2.24) is 14.9 Å². The van der Waals surface area contributed by atoms with E-state index in [1.807, 2.05) is 36.6 Å². The Labute approximate surface area is 130 Å². The molecule has 1 aliphatic rings. The molecule has 0 spiro atoms. The summed E-state index contributed by atoms with van der Waals surface area (Å²) in [6.07, 6.45) is 4.61. The third-order valence-corrected chi connectivity index (χ3v) is 4.36. The minimum Gasteiger partial charge on any atom is -0.352 e. The lowest BCUT2D eigenvalue weighted by Gasteiger charge is -2.15. The van der Waals surface area contributed by atoms with Gasteiger partial charge in [-0.2, -0.15) is 0 Å². The Bertz CT molecular complexity index is 683. The molecule has 1 heterocycles. The maximum Gasteiger partial charge on any atom is 0.240 e. The van der Waals surface area contributed by atoms with Gasteiger partial charge in [-0.1, -0.05) is 18.9 Å². The first-order valence-electron chi connectivity index (χ1n) is 8.06. The molecular formula is C17H24N4O. The second-order valence-corrected chi connectivity index (χ2v) is 6.39. The van der Waals surface area contributed by atoms with Gasteiger partial charge in [0, 0.05) is 6.04 Å². The smallest absolute Gasteiger partial charge is 0.240 e. The highest BCUT2D eigenvalue weighted by atomic mass is 16.2. The van der Waals surface area contributed by atoms with Crippen LogP contribution in [0.2, 0.25) is 0 Å². The number of carbonyl (C=O) groups excluding carboxylic acids is 1. The van der Waals surface area contributed by atoms with Gasteiger partial charge in [0.15, 0.2) is 0 Å². The number of nitrogens with one attached hydrogen (secondary N) is 1. The Morgan fingerprint density at radius 1 is 1.45 bits per heavy atom. The molecule has 3 N–H and O–H groups in total. The zero-order valence-corrected chi connectivity index (χ0v) is 13.3. The maximum atomic E-state index is 12.4. The van der Waals surface area contributed by atoms with Crippen molar-refractivity contribution >= 4 is 16.9 Å². The normalized spacial score (nSPS) is 17.0. The fraction of sp³-hybridized carbons (Fsp3) is 0.529. The highest BCUT2D eigenvalue weighted by Gasteiger charge is 2.20. The quantitative estimate of drug-likeness (QED) is 0.910. The molecule has 1 aromatic carbocycles. The van der Waals surface area contributed by atoms with Crippen molar-refractivity contribution in [3.05, 3.63) is 29.6 Å². The number of benzene rings is 1. The van der Waals surface area contributed by atoms with Crippen molar-refractivity contribution in [2.24, 2.45) is 5.73 Å². The lowest BCUT2D eigenvalue weighted by molar-refractivity contribution is -0.122. The molecule has 0 aliphatic heterocycles. The van der Waals surface area contributed by atoms with Crippen molar-refractivity contribution in [3.8, 4) is 0 Å². The van der Waals surface area contributed by atoms with Crippen LogP contribution in [0.25, 0.3) is 11.0 Å². The van der Waals surface area contributed by atoms with Crippen molar-refractivity contribution in [1.29, 1.82) is 0 Å². The number of fused-ring (bicyclic) bond motifs is 1. The van der Waals surface area contributed by atoms with Crippen LogP contribution in [0.5, 0.6) is 0 Å². The van der Waals surface area contributed by atoms with Crippen molar-refractivity contribution in [3.63, 3.8) is 0 Å². The number of nitrogens with zero attached hydrogens (tertiary/aromatic N) is 2. The van der Waals surface area contributed by atoms with E-state index in [0.717, 1.165) is 35.3 Å². The summed E-state index contributed by atoms with van der Waals surface area (Å²) >= 11 is 0. The van der Waals surface area contributed by atoms with Crippen LogP contribution < -0.4 is 11.1 Å². The Kier molecular flexibility index (Phi) is 4.16. The highest BCUT2D eigenvalue weighted by Crippen LogP contribution is 2.21. The third kappa shape index (κ3) is 2.99. The third-order valence-electron chi connectivity index (χ3n) is 4.36. The summed E-state index contributed by atoms with van der Waals surface area (Å²) in [7, 11) is 0. The molecule has 1 atom stereocenters. The summed E-state index contributed by atoms with van der Waals surface area (Å²) in [5.74, 6) is 0.816. The molecule has 1 aromatic heterocycles. The van der Waals surface area contributed by atoms with Gasteiger partial charge in [0.1, 0.15) is 12.4 Å². The SMILES string of the molecule is Cc1ccc2c(c1)nc(C(C)N)n2CC(=O)NC1CCCC1. The topological polar surface area (TPSA) is 72.9 Å². The Hall–Kier alpha value is -1.88. The lowest BCUT2D eigenvalue weighted by Crippen LogP contribution is -2.35. The first-order chi connectivity index (χ1) is 10.5. The molecule has 0 radical (unpaired) electrons. The minimum absolute atomic E-state index is 0.0497. The molecule has 0 bridgehead atoms. The number of carbonyl (C=O) groups is 1. The second kappa shape index (κ2) is 6.08. The van der Waals surface area contributed by atoms with E-state index in [0.29, 0.717) is 6.04 Å². The van der Waals surface area contributed by atoms with Crippen LogP contribution in [0.4, 0.5) is 0 Å². The predicted octanol–water partition coefficient (Wildman–Crippen LogP) is 2.42. The summed E-state index contributed by atoms with van der Waals surface area (Å²) in [6.45, 7) is 4.23. The van der Waals surface area contributed by atoms with Gasteiger partial charge in [0.05, 0.1) is 17.1 Å². The molecule has 5 heteroatoms. The molecule has 1 amide bonds. The van der Waals surface area contributed by atoms with E-state index < -0.39 is 0 Å². The van der Waals surface area contributed by atoms with Gasteiger partial charge in [0.25, 0.3) is 0 Å². The van der Waals surface area contributed by atoms with E-state index >= 15 is 0 Å². The summed E-state index contributed by atoms with van der Waals surface area (Å²) in [5, 5.41) is 3.13. The van der Waals surface area contributed by atoms with Gasteiger partial charge >= 0.3 is 0 Å². The monoisotopic (exact) mass is 300 g/mol. The predicted molar refractivity (Wildman–Crippen MR) is 87.5 cm³/mol. The van der Waals surface area contributed by atoms with Crippen LogP contribution in [0.1, 0.15) is 50.0 Å². The number of rotatable bonds is 4. The molecule has 118 valence electrons. The Morgan fingerprint density at radius 2 is 2.18 bits per heavy atom. The van der Waals surface area contributed by atoms with E-state index in [9.17, 15) is 4.79 Å². The van der Waals surface area contributed by atoms with E-state index in [1.54, 1.807) is 0 Å². The van der Waals surface area contributed by atoms with Crippen LogP contribution in [0.3, 0.4) is 0 Å². The van der Waals surface area contributed by atoms with Gasteiger partial charge in [-0.3, -0.25) is 4.79 Å². The molecule has 1 unspecified atom stereocenters. The van der Waals surface area contributed by atoms with Crippen molar-refractivity contribution < 1.29 is 4.79 Å². The zero-order chi connectivity index (χ0) is 15.7. The summed E-state index contributed by atoms with van der Waals surface area (Å²) in [6, 6.07) is 6.23. The molecule has 3 rings (SSSR count). The fourth-order valence-corrected chi connectivity index (χ4v) is 3.26. The van der Waals surface area contributed by atoms with E-state index in [2.05, 4.69) is 10.3 Å². The van der Waals surface area contributed by atoms with Crippen molar-refractivity contribution in [2.75, 3.05) is 0 Å². The van der Waals surface area contributed by atoms with Gasteiger partial charge < -0.3 is 15.6 Å². The van der Waals surface area contributed by atoms with Gasteiger partial charge in [-0.25, -0.2) is 4.98 Å². The van der Waals surface area contributed by atoms with Crippen LogP contribution in [0, 0.1) is 6.92 Å². The fourth-order valence-electron chi connectivity index (χ4n) is 3.26. The molecule has 1 saturated carbocycles. The van der Waals surface area contributed by atoms with Gasteiger partial charge in [0.2, 0.25) is 5.91 Å². The average molecular weight is 300 g/mol. The zero-order valence-electron chi connectivity index (χ0n) is 13.3. The molecule has 1 fully saturated rings. The van der Waals surface area contributed by atoms with Gasteiger partial charge in [-0.15, -0.1) is 0 Å². The van der Waals surface area contributed by atoms with Gasteiger partial charge in [-0.05, 0) is 44.4 Å². The molecular weight excluding hydrogens is 276 g/mol. The molecule has 2 aromatic rings. The molecule has 0 saturated heterocycles. The van der Waals surface area contributed by atoms with E-state index in [4.69, 9.17) is 5.73 Å². The van der Waals surface area contributed by atoms with Crippen LogP contribution in [0.15, 0.2) is 18.2 Å². The number of aryl methyl sites for hydroxylation is 1. The summed E-state index contributed by atoms with van der Waals surface area (Å²) < 4.78 is 1.95. The molecule has 1 aliphatic carbocycles. The highest BCUT2D eigenvalue weighted by molar-refractivity contribution is 5.81. The maximum absolute atomic E-state index is 12.4. The summed E-state index contributed by atoms with van der Waals surface area (Å²) in [4.78, 5) is 17.0. The van der Waals surface area contributed by atoms with Crippen LogP contribution in [-0.2, 0) is 11.3 Å². The number of nitrogens with two attached hydrogens (primary N) is 1. The van der Waals surface area contributed by atoms with E-state index in [1.165, 1.54) is 12.8 Å². The number of imidazole rings is 1. The minimum atomic E-state index is -0.202. The standard InChI is InChI=1S/C17H24N4O/c1-11-7-8-15-14(9-11)20-17(12(2)18)21(15)10-16(22)19-13-5-3-4-6-13/h7-9,12-13H,3-6,10,18H2,1-2H3,(H,19,22). The molecule has 5 nitrogen and oxygen atoms in total. The summed E-state index contributed by atoms with van der Waals surface area (Å²) in [5.41, 5.74) is 9.07. The van der Waals surface area contributed by atoms with Crippen LogP contribution in [-0.4, -0.2) is 21.5 Å². The van der Waals surface area contributed by atoms with E-state index in [-0.39, 0.29) is 18.5 Å². The number of amides is 1. The average Bonchev–Trinajstić information content (AvgIpc) is 3.06. The Balaban J connectivity index is 1.87. The van der Waals surface area contributed by atoms with Crippen LogP contribution >= 0.6 is 0 Å². The number of aromatic nitrogens is 2.